The molecule has 0 fully saturated rings. The second-order valence-electron chi connectivity index (χ2n) is 7.50. The summed E-state index contributed by atoms with van der Waals surface area (Å²) in [6, 6.07) is 25.4. The van der Waals surface area contributed by atoms with Gasteiger partial charge in [0.25, 0.3) is 11.8 Å². The maximum Gasteiger partial charge on any atom is 0.258 e. The van der Waals surface area contributed by atoms with E-state index in [0.717, 1.165) is 44.2 Å². The van der Waals surface area contributed by atoms with Crippen LogP contribution in [0.15, 0.2) is 85.1 Å². The molecule has 1 aliphatic rings. The van der Waals surface area contributed by atoms with Gasteiger partial charge < -0.3 is 0 Å². The maximum atomic E-state index is 12.1. The summed E-state index contributed by atoms with van der Waals surface area (Å²) in [7, 11) is 0. The third-order valence-electron chi connectivity index (χ3n) is 5.68. The van der Waals surface area contributed by atoms with Gasteiger partial charge in [-0.3, -0.25) is 19.9 Å². The molecule has 0 atom stereocenters. The van der Waals surface area contributed by atoms with Crippen LogP contribution in [0.5, 0.6) is 0 Å². The predicted molar refractivity (Wildman–Crippen MR) is 120 cm³/mol. The van der Waals surface area contributed by atoms with Gasteiger partial charge in [-0.05, 0) is 35.4 Å². The Labute approximate surface area is 177 Å². The van der Waals surface area contributed by atoms with Crippen LogP contribution in [-0.4, -0.2) is 21.8 Å². The molecule has 2 amide bonds. The Kier molecular flexibility index (Phi) is 3.70. The molecule has 0 aliphatic carbocycles. The highest BCUT2D eigenvalue weighted by Crippen LogP contribution is 2.34. The van der Waals surface area contributed by atoms with Gasteiger partial charge in [-0.2, -0.15) is 0 Å². The molecule has 5 heteroatoms. The number of nitrogens with zero attached hydrogens (tertiary/aromatic N) is 2. The first-order chi connectivity index (χ1) is 15.2. The van der Waals surface area contributed by atoms with Gasteiger partial charge in [0, 0.05) is 22.5 Å². The summed E-state index contributed by atoms with van der Waals surface area (Å²) in [6.07, 6.45) is 1.78. The molecular formula is C26H15N3O2. The number of imide groups is 1. The van der Waals surface area contributed by atoms with E-state index in [1.807, 2.05) is 48.5 Å². The molecule has 3 heterocycles. The molecule has 0 saturated carbocycles. The fourth-order valence-electron chi connectivity index (χ4n) is 4.17. The Morgan fingerprint density at radius 3 is 2.23 bits per heavy atom. The molecule has 2 aromatic heterocycles. The van der Waals surface area contributed by atoms with Crippen molar-refractivity contribution >= 4 is 33.6 Å². The Morgan fingerprint density at radius 1 is 0.613 bits per heavy atom. The van der Waals surface area contributed by atoms with E-state index in [9.17, 15) is 9.59 Å². The van der Waals surface area contributed by atoms with Crippen LogP contribution < -0.4 is 5.32 Å². The molecule has 0 radical (unpaired) electrons. The summed E-state index contributed by atoms with van der Waals surface area (Å²) in [5.74, 6) is -0.712. The molecule has 0 unspecified atom stereocenters. The Bertz CT molecular complexity index is 1560. The summed E-state index contributed by atoms with van der Waals surface area (Å²) < 4.78 is 0. The largest absolute Gasteiger partial charge is 0.288 e. The molecule has 6 rings (SSSR count). The number of rotatable bonds is 2. The minimum atomic E-state index is -0.360. The van der Waals surface area contributed by atoms with Crippen molar-refractivity contribution in [3.8, 4) is 22.4 Å². The first-order valence-electron chi connectivity index (χ1n) is 9.93. The van der Waals surface area contributed by atoms with Gasteiger partial charge in [-0.1, -0.05) is 54.6 Å². The minimum absolute atomic E-state index is 0.351. The first kappa shape index (κ1) is 17.5. The van der Waals surface area contributed by atoms with Crippen molar-refractivity contribution in [1.29, 1.82) is 0 Å². The molecule has 146 valence electrons. The minimum Gasteiger partial charge on any atom is -0.288 e. The van der Waals surface area contributed by atoms with Gasteiger partial charge in [-0.25, -0.2) is 4.98 Å². The lowest BCUT2D eigenvalue weighted by molar-refractivity contribution is 0.0879. The zero-order valence-corrected chi connectivity index (χ0v) is 16.3. The molecule has 0 bridgehead atoms. The summed E-state index contributed by atoms with van der Waals surface area (Å²) in [4.78, 5) is 33.5. The van der Waals surface area contributed by atoms with Gasteiger partial charge in [0.05, 0.1) is 27.9 Å². The predicted octanol–water partition coefficient (Wildman–Crippen LogP) is 5.00. The van der Waals surface area contributed by atoms with Crippen LogP contribution in [0.2, 0.25) is 0 Å². The van der Waals surface area contributed by atoms with E-state index < -0.39 is 0 Å². The smallest absolute Gasteiger partial charge is 0.258 e. The van der Waals surface area contributed by atoms with Crippen molar-refractivity contribution in [2.45, 2.75) is 0 Å². The molecule has 0 saturated heterocycles. The van der Waals surface area contributed by atoms with Crippen molar-refractivity contribution in [2.75, 3.05) is 0 Å². The summed E-state index contributed by atoms with van der Waals surface area (Å²) in [6.45, 7) is 0. The van der Waals surface area contributed by atoms with Crippen molar-refractivity contribution in [3.05, 3.63) is 96.2 Å². The Hall–Kier alpha value is -4.38. The summed E-state index contributed by atoms with van der Waals surface area (Å²) in [5.41, 5.74) is 6.10. The van der Waals surface area contributed by atoms with Gasteiger partial charge >= 0.3 is 0 Å². The molecule has 5 aromatic rings. The normalized spacial score (nSPS) is 12.9. The number of hydrogen-bond acceptors (Lipinski definition) is 4. The van der Waals surface area contributed by atoms with E-state index in [-0.39, 0.29) is 11.8 Å². The van der Waals surface area contributed by atoms with Crippen molar-refractivity contribution in [1.82, 2.24) is 15.3 Å². The Morgan fingerprint density at radius 2 is 1.35 bits per heavy atom. The average molecular weight is 401 g/mol. The van der Waals surface area contributed by atoms with E-state index in [2.05, 4.69) is 28.5 Å². The van der Waals surface area contributed by atoms with Crippen LogP contribution in [0.4, 0.5) is 0 Å². The third kappa shape index (κ3) is 2.71. The number of fused-ring (bicyclic) bond motifs is 4. The van der Waals surface area contributed by atoms with Crippen LogP contribution in [-0.2, 0) is 0 Å². The molecule has 1 N–H and O–H groups in total. The lowest BCUT2D eigenvalue weighted by Crippen LogP contribution is -2.19. The number of carbonyl (C=O) groups is 2. The third-order valence-corrected chi connectivity index (χ3v) is 5.68. The zero-order valence-electron chi connectivity index (χ0n) is 16.3. The summed E-state index contributed by atoms with van der Waals surface area (Å²) >= 11 is 0. The average Bonchev–Trinajstić information content (AvgIpc) is 3.11. The van der Waals surface area contributed by atoms with Crippen LogP contribution in [0.1, 0.15) is 20.7 Å². The monoisotopic (exact) mass is 401 g/mol. The van der Waals surface area contributed by atoms with E-state index in [1.165, 1.54) is 0 Å². The molecule has 3 aromatic carbocycles. The number of amides is 2. The van der Waals surface area contributed by atoms with Crippen LogP contribution >= 0.6 is 0 Å². The lowest BCUT2D eigenvalue weighted by atomic mass is 9.94. The SMILES string of the molecule is O=C1NC(=O)c2cc(-c3ccccc3-c3ccc4ccc5cccnc5c4n3)ccc21. The van der Waals surface area contributed by atoms with Gasteiger partial charge in [0.15, 0.2) is 0 Å². The topological polar surface area (TPSA) is 72.0 Å². The quantitative estimate of drug-likeness (QED) is 0.334. The van der Waals surface area contributed by atoms with Crippen LogP contribution in [0, 0.1) is 0 Å². The van der Waals surface area contributed by atoms with Crippen molar-refractivity contribution in [2.24, 2.45) is 0 Å². The van der Waals surface area contributed by atoms with E-state index >= 15 is 0 Å². The zero-order chi connectivity index (χ0) is 20.9. The van der Waals surface area contributed by atoms with Gasteiger partial charge in [0.2, 0.25) is 0 Å². The standard InChI is InChI=1S/C26H15N3O2/c30-25-20-11-9-17(14-21(20)26(31)29-25)18-5-1-2-6-19(18)22-12-10-16-8-7-15-4-3-13-27-23(15)24(16)28-22/h1-14H,(H,29,30,31). The summed E-state index contributed by atoms with van der Waals surface area (Å²) in [5, 5.41) is 4.42. The van der Waals surface area contributed by atoms with Crippen LogP contribution in [0.3, 0.4) is 0 Å². The Balaban J connectivity index is 1.55. The number of benzene rings is 3. The van der Waals surface area contributed by atoms with Crippen molar-refractivity contribution < 1.29 is 9.59 Å². The second-order valence-corrected chi connectivity index (χ2v) is 7.50. The van der Waals surface area contributed by atoms with Crippen molar-refractivity contribution in [3.63, 3.8) is 0 Å². The van der Waals surface area contributed by atoms with Crippen LogP contribution in [0.25, 0.3) is 44.2 Å². The molecule has 5 nitrogen and oxygen atoms in total. The van der Waals surface area contributed by atoms with Gasteiger partial charge in [-0.15, -0.1) is 0 Å². The number of hydrogen-bond donors (Lipinski definition) is 1. The van der Waals surface area contributed by atoms with E-state index in [4.69, 9.17) is 4.98 Å². The van der Waals surface area contributed by atoms with E-state index in [0.29, 0.717) is 11.1 Å². The molecule has 1 aliphatic heterocycles. The first-order valence-corrected chi connectivity index (χ1v) is 9.93. The fourth-order valence-corrected chi connectivity index (χ4v) is 4.17. The highest BCUT2D eigenvalue weighted by molar-refractivity contribution is 6.22. The highest BCUT2D eigenvalue weighted by Gasteiger charge is 2.27. The molecular weight excluding hydrogens is 386 g/mol. The number of carbonyl (C=O) groups excluding carboxylic acids is 2. The number of nitrogens with one attached hydrogen (secondary N) is 1. The number of aromatic nitrogens is 2. The highest BCUT2D eigenvalue weighted by atomic mass is 16.2. The fraction of sp³-hybridized carbons (Fsp3) is 0. The lowest BCUT2D eigenvalue weighted by Gasteiger charge is -2.11. The molecule has 0 spiro atoms. The number of pyridine rings is 2. The maximum absolute atomic E-state index is 12.1. The molecule has 31 heavy (non-hydrogen) atoms. The second kappa shape index (κ2) is 6.57. The van der Waals surface area contributed by atoms with Gasteiger partial charge in [0.1, 0.15) is 0 Å². The van der Waals surface area contributed by atoms with E-state index in [1.54, 1.807) is 18.3 Å².